The molecule has 11 rings (SSSR count). The highest BCUT2D eigenvalue weighted by Crippen LogP contribution is 2.42. The van der Waals surface area contributed by atoms with Gasteiger partial charge in [0.2, 0.25) is 0 Å². The van der Waals surface area contributed by atoms with Crippen molar-refractivity contribution in [1.29, 1.82) is 0 Å². The van der Waals surface area contributed by atoms with E-state index in [-0.39, 0.29) is 6.04 Å². The second kappa shape index (κ2) is 13.3. The summed E-state index contributed by atoms with van der Waals surface area (Å²) in [4.78, 5) is 17.4. The molecule has 8 aromatic rings. The Morgan fingerprint density at radius 1 is 0.571 bits per heavy atom. The van der Waals surface area contributed by atoms with E-state index in [0.29, 0.717) is 0 Å². The Kier molecular flexibility index (Phi) is 7.77. The Hall–Kier alpha value is -6.65. The quantitative estimate of drug-likeness (QED) is 0.166. The predicted octanol–water partition coefficient (Wildman–Crippen LogP) is 13.2. The summed E-state index contributed by atoms with van der Waals surface area (Å²) in [7, 11) is 0. The van der Waals surface area contributed by atoms with Crippen LogP contribution in [0.3, 0.4) is 0 Å². The number of para-hydroxylation sites is 3. The topological polar surface area (TPSA) is 40.9 Å². The molecule has 1 aromatic heterocycles. The lowest BCUT2D eigenvalue weighted by atomic mass is 9.88. The number of aryl methyl sites for hydroxylation is 2. The van der Waals surface area contributed by atoms with Gasteiger partial charge in [-0.15, -0.1) is 0 Å². The van der Waals surface area contributed by atoms with Crippen LogP contribution in [0.4, 0.5) is 17.1 Å². The van der Waals surface area contributed by atoms with E-state index in [1.807, 2.05) is 0 Å². The molecule has 0 spiro atoms. The number of nitrogens with zero attached hydrogens (tertiary/aromatic N) is 4. The first kappa shape index (κ1) is 32.8. The highest BCUT2D eigenvalue weighted by atomic mass is 15.2. The van der Waals surface area contributed by atoms with Crippen molar-refractivity contribution in [2.45, 2.75) is 45.1 Å². The van der Waals surface area contributed by atoms with Crippen molar-refractivity contribution >= 4 is 67.5 Å². The first-order valence-electron chi connectivity index (χ1n) is 19.9. The van der Waals surface area contributed by atoms with Crippen LogP contribution in [-0.2, 0) is 12.8 Å². The third-order valence-corrected chi connectivity index (χ3v) is 12.1. The number of fused-ring (bicyclic) bond motifs is 9. The number of aliphatic imine (C=N–C) groups is 2. The van der Waals surface area contributed by atoms with Crippen LogP contribution in [0.15, 0.2) is 161 Å². The smallest absolute Gasteiger partial charge is 0.0925 e. The maximum absolute atomic E-state index is 5.25. The summed E-state index contributed by atoms with van der Waals surface area (Å²) in [6.07, 6.45) is 9.32. The average molecular weight is 721 g/mol. The van der Waals surface area contributed by atoms with Gasteiger partial charge in [0.1, 0.15) is 0 Å². The van der Waals surface area contributed by atoms with Gasteiger partial charge in [-0.25, -0.2) is 4.98 Å². The van der Waals surface area contributed by atoms with Crippen molar-refractivity contribution in [3.63, 3.8) is 0 Å². The van der Waals surface area contributed by atoms with E-state index >= 15 is 0 Å². The second-order valence-corrected chi connectivity index (χ2v) is 15.5. The van der Waals surface area contributed by atoms with Crippen LogP contribution in [0.5, 0.6) is 0 Å². The Balaban J connectivity index is 0.933. The van der Waals surface area contributed by atoms with E-state index < -0.39 is 0 Å². The molecule has 0 fully saturated rings. The molecule has 0 N–H and O–H groups in total. The standard InChI is InChI=1S/C52H40N4/c1-33-9-2-6-14-49(33)56-40(32-54-48-13-5-7-15-50(48)56)29-34-16-18-35(19-17-34)38-22-25-43-44-26-23-39(31-46(44)42-12-4-3-11-41(42)45(43)30-38)47-27-24-37-21-20-36-10-8-28-53-51(36)52(37)55-47/h2-7,9,11-19,22-28,30-32,40H,8,10,20-21,29H2,1H3. The molecule has 3 heterocycles. The highest BCUT2D eigenvalue weighted by Gasteiger charge is 2.27. The van der Waals surface area contributed by atoms with E-state index in [1.165, 1.54) is 71.4 Å². The van der Waals surface area contributed by atoms with Crippen molar-refractivity contribution < 1.29 is 0 Å². The van der Waals surface area contributed by atoms with Gasteiger partial charge < -0.3 is 4.90 Å². The summed E-state index contributed by atoms with van der Waals surface area (Å²) in [6.45, 7) is 2.19. The molecule has 1 atom stereocenters. The van der Waals surface area contributed by atoms with Crippen molar-refractivity contribution in [1.82, 2.24) is 4.98 Å². The fourth-order valence-electron chi connectivity index (χ4n) is 9.26. The van der Waals surface area contributed by atoms with Gasteiger partial charge in [0.25, 0.3) is 0 Å². The first-order chi connectivity index (χ1) is 27.7. The van der Waals surface area contributed by atoms with Crippen LogP contribution in [0.1, 0.15) is 41.6 Å². The van der Waals surface area contributed by atoms with Crippen LogP contribution in [-0.4, -0.2) is 23.5 Å². The Morgan fingerprint density at radius 2 is 1.25 bits per heavy atom. The van der Waals surface area contributed by atoms with Gasteiger partial charge in [-0.3, -0.25) is 9.98 Å². The molecule has 0 bridgehead atoms. The number of anilines is 2. The van der Waals surface area contributed by atoms with E-state index in [0.717, 1.165) is 66.1 Å². The summed E-state index contributed by atoms with van der Waals surface area (Å²) in [5.41, 5.74) is 15.5. The van der Waals surface area contributed by atoms with E-state index in [9.17, 15) is 0 Å². The lowest BCUT2D eigenvalue weighted by Crippen LogP contribution is -2.36. The van der Waals surface area contributed by atoms with Crippen LogP contribution in [0.25, 0.3) is 60.4 Å². The summed E-state index contributed by atoms with van der Waals surface area (Å²) in [5, 5.41) is 7.59. The zero-order valence-electron chi connectivity index (χ0n) is 31.4. The van der Waals surface area contributed by atoms with Crippen LogP contribution < -0.4 is 4.90 Å². The average Bonchev–Trinajstić information content (AvgIpc) is 3.26. The largest absolute Gasteiger partial charge is 0.331 e. The number of benzene rings is 7. The Morgan fingerprint density at radius 3 is 2.05 bits per heavy atom. The summed E-state index contributed by atoms with van der Waals surface area (Å²) >= 11 is 0. The third kappa shape index (κ3) is 5.47. The monoisotopic (exact) mass is 720 g/mol. The number of allylic oxidation sites excluding steroid dienone is 1. The molecule has 0 saturated heterocycles. The minimum absolute atomic E-state index is 0.108. The normalized spacial score (nSPS) is 16.0. The van der Waals surface area contributed by atoms with Crippen molar-refractivity contribution in [3.05, 3.63) is 174 Å². The molecule has 268 valence electrons. The van der Waals surface area contributed by atoms with Crippen LogP contribution >= 0.6 is 0 Å². The van der Waals surface area contributed by atoms with Gasteiger partial charge >= 0.3 is 0 Å². The Labute approximate surface area is 327 Å². The van der Waals surface area contributed by atoms with Gasteiger partial charge in [0, 0.05) is 23.7 Å². The second-order valence-electron chi connectivity index (χ2n) is 15.5. The maximum Gasteiger partial charge on any atom is 0.0925 e. The predicted molar refractivity (Wildman–Crippen MR) is 236 cm³/mol. The van der Waals surface area contributed by atoms with Gasteiger partial charge in [0.15, 0.2) is 0 Å². The minimum atomic E-state index is 0.108. The van der Waals surface area contributed by atoms with Gasteiger partial charge in [0.05, 0.1) is 34.5 Å². The van der Waals surface area contributed by atoms with E-state index in [4.69, 9.17) is 15.0 Å². The molecule has 7 aromatic carbocycles. The van der Waals surface area contributed by atoms with Gasteiger partial charge in [-0.05, 0) is 141 Å². The zero-order valence-corrected chi connectivity index (χ0v) is 31.4. The molecular formula is C52H40N4. The van der Waals surface area contributed by atoms with Gasteiger partial charge in [-0.1, -0.05) is 109 Å². The van der Waals surface area contributed by atoms with E-state index in [2.05, 4.69) is 170 Å². The molecule has 0 amide bonds. The summed E-state index contributed by atoms with van der Waals surface area (Å²) in [5.74, 6) is 0. The molecule has 0 saturated carbocycles. The number of hydrogen-bond acceptors (Lipinski definition) is 4. The maximum atomic E-state index is 5.25. The number of rotatable bonds is 5. The molecule has 4 heteroatoms. The third-order valence-electron chi connectivity index (χ3n) is 12.1. The van der Waals surface area contributed by atoms with Crippen molar-refractivity contribution in [2.75, 3.05) is 4.90 Å². The van der Waals surface area contributed by atoms with Crippen LogP contribution in [0, 0.1) is 6.92 Å². The number of aromatic nitrogens is 1. The fourth-order valence-corrected chi connectivity index (χ4v) is 9.26. The highest BCUT2D eigenvalue weighted by molar-refractivity contribution is 6.26. The van der Waals surface area contributed by atoms with Crippen LogP contribution in [0.2, 0.25) is 0 Å². The van der Waals surface area contributed by atoms with Gasteiger partial charge in [-0.2, -0.15) is 0 Å². The Bertz CT molecular complexity index is 2950. The summed E-state index contributed by atoms with van der Waals surface area (Å²) < 4.78 is 0. The lowest BCUT2D eigenvalue weighted by molar-refractivity contribution is 0.810. The van der Waals surface area contributed by atoms with E-state index in [1.54, 1.807) is 0 Å². The number of pyridine rings is 1. The molecule has 1 unspecified atom stereocenters. The molecule has 0 radical (unpaired) electrons. The van der Waals surface area contributed by atoms with Crippen molar-refractivity contribution in [3.8, 4) is 22.4 Å². The lowest BCUT2D eigenvalue weighted by Gasteiger charge is -2.36. The van der Waals surface area contributed by atoms with Crippen molar-refractivity contribution in [2.24, 2.45) is 9.98 Å². The fraction of sp³-hybridized carbons (Fsp3) is 0.135. The summed E-state index contributed by atoms with van der Waals surface area (Å²) in [6, 6.07) is 53.5. The molecule has 4 nitrogen and oxygen atoms in total. The molecule has 3 aliphatic rings. The molecular weight excluding hydrogens is 681 g/mol. The minimum Gasteiger partial charge on any atom is -0.331 e. The molecule has 56 heavy (non-hydrogen) atoms. The molecule has 1 aliphatic carbocycles. The zero-order chi connectivity index (χ0) is 37.2. The first-order valence-corrected chi connectivity index (χ1v) is 19.9. The SMILES string of the molecule is Cc1ccccc1N1c2ccccc2N=CC1Cc1ccc(-c2ccc3c4ccc(-c5ccc6c(n5)C5=C(CCC=N5)CC6)cc4c4ccccc4c3c2)cc1. The molecule has 2 aliphatic heterocycles. The number of hydrogen-bond donors (Lipinski definition) is 0.